The first kappa shape index (κ1) is 35.7. The van der Waals surface area contributed by atoms with Gasteiger partial charge in [-0.15, -0.1) is 0 Å². The highest BCUT2D eigenvalue weighted by molar-refractivity contribution is 6.06. The van der Waals surface area contributed by atoms with E-state index in [-0.39, 0.29) is 43.1 Å². The molecular weight excluding hydrogens is 612 g/mol. The molecule has 3 aliphatic carbocycles. The number of nitrogens with one attached hydrogen (secondary N) is 2. The van der Waals surface area contributed by atoms with Crippen LogP contribution in [0, 0.1) is 23.7 Å². The van der Waals surface area contributed by atoms with Gasteiger partial charge in [-0.2, -0.15) is 0 Å². The van der Waals surface area contributed by atoms with Crippen molar-refractivity contribution in [2.24, 2.45) is 23.7 Å². The molecule has 0 saturated heterocycles. The molecule has 3 fully saturated rings. The van der Waals surface area contributed by atoms with Crippen molar-refractivity contribution in [2.75, 3.05) is 20.2 Å². The Kier molecular flexibility index (Phi) is 11.7. The highest BCUT2D eigenvalue weighted by atomic mass is 16.5. The lowest BCUT2D eigenvalue weighted by atomic mass is 9.71. The summed E-state index contributed by atoms with van der Waals surface area (Å²) in [5, 5.41) is 38.6. The Morgan fingerprint density at radius 3 is 1.58 bits per heavy atom. The van der Waals surface area contributed by atoms with E-state index in [9.17, 15) is 34.5 Å². The molecule has 10 heteroatoms. The van der Waals surface area contributed by atoms with Gasteiger partial charge in [0.15, 0.2) is 11.6 Å². The van der Waals surface area contributed by atoms with Crippen molar-refractivity contribution in [3.63, 3.8) is 0 Å². The fraction of sp³-hybridized carbons (Fsp3) is 0.579. The molecule has 2 amide bonds. The van der Waals surface area contributed by atoms with E-state index in [2.05, 4.69) is 10.6 Å². The number of aliphatic hydroxyl groups is 3. The van der Waals surface area contributed by atoms with E-state index < -0.39 is 34.6 Å². The zero-order valence-corrected chi connectivity index (χ0v) is 27.9. The topological polar surface area (TPSA) is 162 Å². The van der Waals surface area contributed by atoms with Crippen LogP contribution in [0.4, 0.5) is 0 Å². The van der Waals surface area contributed by atoms with Crippen molar-refractivity contribution in [1.82, 2.24) is 10.6 Å². The third-order valence-corrected chi connectivity index (χ3v) is 10.9. The predicted octanol–water partition coefficient (Wildman–Crippen LogP) is 4.13. The Morgan fingerprint density at radius 1 is 0.688 bits per heavy atom. The number of ether oxygens (including phenoxy) is 1. The second-order valence-electron chi connectivity index (χ2n) is 14.1. The van der Waals surface area contributed by atoms with Gasteiger partial charge in [0.25, 0.3) is 0 Å². The van der Waals surface area contributed by atoms with E-state index in [0.29, 0.717) is 61.2 Å². The number of methoxy groups -OCH3 is 1. The maximum Gasteiger partial charge on any atom is 0.226 e. The van der Waals surface area contributed by atoms with E-state index in [4.69, 9.17) is 4.74 Å². The molecule has 6 unspecified atom stereocenters. The van der Waals surface area contributed by atoms with Crippen LogP contribution in [0.15, 0.2) is 48.5 Å². The van der Waals surface area contributed by atoms with Crippen molar-refractivity contribution in [3.8, 4) is 5.75 Å². The van der Waals surface area contributed by atoms with Gasteiger partial charge in [0, 0.05) is 24.2 Å². The Morgan fingerprint density at radius 2 is 1.15 bits per heavy atom. The molecule has 0 aromatic heterocycles. The summed E-state index contributed by atoms with van der Waals surface area (Å²) in [5.74, 6) is -2.21. The monoisotopic (exact) mass is 662 g/mol. The molecule has 5 N–H and O–H groups in total. The van der Waals surface area contributed by atoms with Crippen LogP contribution in [0.25, 0.3) is 0 Å². The zero-order valence-electron chi connectivity index (χ0n) is 27.9. The Hall–Kier alpha value is -3.60. The SMILES string of the molecule is COc1ccc(C(=O)C2(O)CCCCC2C(=O)NCC2CCCC(CNC(=O)C3CCCCC3(O)C(=O)c3ccc(CO)cc3)C2)cc1. The molecule has 3 saturated carbocycles. The first-order chi connectivity index (χ1) is 23.1. The van der Waals surface area contributed by atoms with Crippen LogP contribution in [0.5, 0.6) is 5.75 Å². The molecule has 6 atom stereocenters. The maximum atomic E-state index is 13.5. The van der Waals surface area contributed by atoms with Crippen LogP contribution in [-0.4, -0.2) is 70.1 Å². The third-order valence-electron chi connectivity index (χ3n) is 10.9. The van der Waals surface area contributed by atoms with Crippen LogP contribution in [0.1, 0.15) is 103 Å². The number of Topliss-reactive ketones (excluding diaryl/α,β-unsaturated/α-hetero) is 2. The minimum atomic E-state index is -1.78. The number of carbonyl (C=O) groups excluding carboxylic acids is 4. The molecule has 0 bridgehead atoms. The molecule has 2 aromatic carbocycles. The van der Waals surface area contributed by atoms with Crippen molar-refractivity contribution >= 4 is 23.4 Å². The first-order valence-corrected chi connectivity index (χ1v) is 17.5. The lowest BCUT2D eigenvalue weighted by Gasteiger charge is -2.38. The summed E-state index contributed by atoms with van der Waals surface area (Å²) in [7, 11) is 1.54. The molecular formula is C38H50N2O8. The minimum absolute atomic E-state index is 0.144. The lowest BCUT2D eigenvalue weighted by Crippen LogP contribution is -2.54. The van der Waals surface area contributed by atoms with Gasteiger partial charge in [-0.25, -0.2) is 0 Å². The quantitative estimate of drug-likeness (QED) is 0.212. The van der Waals surface area contributed by atoms with Crippen LogP contribution in [0.2, 0.25) is 0 Å². The molecule has 0 radical (unpaired) electrons. The summed E-state index contributed by atoms with van der Waals surface area (Å²) in [5.41, 5.74) is -2.21. The van der Waals surface area contributed by atoms with Crippen LogP contribution in [-0.2, 0) is 16.2 Å². The number of rotatable bonds is 12. The lowest BCUT2D eigenvalue weighted by molar-refractivity contribution is -0.135. The molecule has 2 aromatic rings. The molecule has 0 aliphatic heterocycles. The standard InChI is InChI=1S/C38H50N2O8/c1-48-30-17-15-29(16-18-30)34(43)38(47)20-5-3-10-32(38)36(45)40-23-27-8-6-7-26(21-27)22-39-35(44)31-9-2-4-19-37(31,46)33(42)28-13-11-25(24-41)12-14-28/h11-18,26-27,31-32,41,46-47H,2-10,19-24H2,1H3,(H,39,44)(H,40,45). The highest BCUT2D eigenvalue weighted by Gasteiger charge is 2.50. The normalized spacial score (nSPS) is 29.0. The second kappa shape index (κ2) is 15.7. The number of hydrogen-bond acceptors (Lipinski definition) is 8. The molecule has 260 valence electrons. The summed E-state index contributed by atoms with van der Waals surface area (Å²) in [6, 6.07) is 13.0. The van der Waals surface area contributed by atoms with Crippen LogP contribution < -0.4 is 15.4 Å². The van der Waals surface area contributed by atoms with Gasteiger partial charge in [-0.1, -0.05) is 56.4 Å². The van der Waals surface area contributed by atoms with E-state index in [1.807, 2.05) is 0 Å². The van der Waals surface area contributed by atoms with Crippen molar-refractivity contribution in [1.29, 1.82) is 0 Å². The van der Waals surface area contributed by atoms with Gasteiger partial charge in [0.05, 0.1) is 25.6 Å². The largest absolute Gasteiger partial charge is 0.497 e. The first-order valence-electron chi connectivity index (χ1n) is 17.5. The fourth-order valence-electron chi connectivity index (χ4n) is 8.06. The zero-order chi connectivity index (χ0) is 34.3. The molecule has 10 nitrogen and oxygen atoms in total. The van der Waals surface area contributed by atoms with Crippen molar-refractivity contribution in [2.45, 2.75) is 94.9 Å². The Labute approximate surface area is 282 Å². The average Bonchev–Trinajstić information content (AvgIpc) is 3.12. The number of benzene rings is 2. The van der Waals surface area contributed by atoms with E-state index in [1.54, 1.807) is 55.6 Å². The average molecular weight is 663 g/mol. The predicted molar refractivity (Wildman–Crippen MR) is 179 cm³/mol. The minimum Gasteiger partial charge on any atom is -0.497 e. The number of ketones is 2. The molecule has 3 aliphatic rings. The molecule has 5 rings (SSSR count). The molecule has 0 spiro atoms. The third kappa shape index (κ3) is 7.82. The van der Waals surface area contributed by atoms with E-state index >= 15 is 0 Å². The summed E-state index contributed by atoms with van der Waals surface area (Å²) in [6.45, 7) is 0.709. The second-order valence-corrected chi connectivity index (χ2v) is 14.1. The van der Waals surface area contributed by atoms with Crippen LogP contribution in [0.3, 0.4) is 0 Å². The van der Waals surface area contributed by atoms with Crippen molar-refractivity contribution < 1.29 is 39.2 Å². The highest BCUT2D eigenvalue weighted by Crippen LogP contribution is 2.39. The van der Waals surface area contributed by atoms with Gasteiger partial charge < -0.3 is 30.7 Å². The van der Waals surface area contributed by atoms with Gasteiger partial charge in [-0.3, -0.25) is 19.2 Å². The summed E-state index contributed by atoms with van der Waals surface area (Å²) < 4.78 is 5.18. The summed E-state index contributed by atoms with van der Waals surface area (Å²) in [4.78, 5) is 53.8. The van der Waals surface area contributed by atoms with Crippen molar-refractivity contribution in [3.05, 3.63) is 65.2 Å². The fourth-order valence-corrected chi connectivity index (χ4v) is 8.06. The van der Waals surface area contributed by atoms with E-state index in [0.717, 1.165) is 38.5 Å². The number of aliphatic hydroxyl groups excluding tert-OH is 1. The number of carbonyl (C=O) groups is 4. The van der Waals surface area contributed by atoms with E-state index in [1.165, 1.54) is 0 Å². The Bertz CT molecular complexity index is 1340. The van der Waals surface area contributed by atoms with Crippen LogP contribution >= 0.6 is 0 Å². The maximum absolute atomic E-state index is 13.5. The Balaban J connectivity index is 1.14. The number of hydrogen-bond donors (Lipinski definition) is 5. The van der Waals surface area contributed by atoms with Gasteiger partial charge in [-0.05, 0) is 86.6 Å². The van der Waals surface area contributed by atoms with Gasteiger partial charge in [0.1, 0.15) is 17.0 Å². The molecule has 0 heterocycles. The number of amides is 2. The smallest absolute Gasteiger partial charge is 0.226 e. The summed E-state index contributed by atoms with van der Waals surface area (Å²) in [6.07, 6.45) is 7.76. The summed E-state index contributed by atoms with van der Waals surface area (Å²) >= 11 is 0. The van der Waals surface area contributed by atoms with Gasteiger partial charge in [0.2, 0.25) is 11.8 Å². The van der Waals surface area contributed by atoms with Gasteiger partial charge >= 0.3 is 0 Å². The molecule has 48 heavy (non-hydrogen) atoms.